The minimum absolute atomic E-state index is 0.492. The summed E-state index contributed by atoms with van der Waals surface area (Å²) in [6.45, 7) is 10.3. The van der Waals surface area contributed by atoms with Crippen LogP contribution in [-0.4, -0.2) is 4.90 Å². The van der Waals surface area contributed by atoms with Crippen molar-refractivity contribution in [1.29, 1.82) is 0 Å². The van der Waals surface area contributed by atoms with E-state index >= 15 is 0 Å². The predicted octanol–water partition coefficient (Wildman–Crippen LogP) is 3.12. The Kier molecular flexibility index (Phi) is 2.05. The van der Waals surface area contributed by atoms with Crippen molar-refractivity contribution in [3.8, 4) is 0 Å². The second-order valence-corrected chi connectivity index (χ2v) is 3.69. The number of likely N-dealkylation sites (tertiary alicyclic amines) is 1. The molecule has 0 aromatic carbocycles. The van der Waals surface area contributed by atoms with Gasteiger partial charge in [0.25, 0.3) is 0 Å². The average Bonchev–Trinajstić information content (AvgIpc) is 2.43. The Balaban J connectivity index is 2.32. The van der Waals surface area contributed by atoms with Gasteiger partial charge in [0.05, 0.1) is 5.70 Å². The lowest BCUT2D eigenvalue weighted by atomic mass is 10.1. The SMILES string of the molecule is C=C1CC(C)C(=C)N1C1=CC=C=C=C1. The summed E-state index contributed by atoms with van der Waals surface area (Å²) < 4.78 is 0. The molecule has 70 valence electrons. The summed E-state index contributed by atoms with van der Waals surface area (Å²) in [6.07, 6.45) is 6.77. The van der Waals surface area contributed by atoms with Gasteiger partial charge >= 0.3 is 0 Å². The third-order valence-corrected chi connectivity index (χ3v) is 2.61. The van der Waals surface area contributed by atoms with Gasteiger partial charge in [-0.3, -0.25) is 0 Å². The summed E-state index contributed by atoms with van der Waals surface area (Å²) in [6, 6.07) is 0. The van der Waals surface area contributed by atoms with Gasteiger partial charge in [-0.1, -0.05) is 31.5 Å². The molecule has 2 rings (SSSR count). The summed E-state index contributed by atoms with van der Waals surface area (Å²) in [5, 5.41) is 0. The molecule has 1 nitrogen and oxygen atoms in total. The zero-order chi connectivity index (χ0) is 10.1. The molecule has 1 atom stereocenters. The van der Waals surface area contributed by atoms with Crippen LogP contribution in [0, 0.1) is 5.92 Å². The Morgan fingerprint density at radius 1 is 1.43 bits per heavy atom. The molecule has 0 amide bonds. The van der Waals surface area contributed by atoms with Crippen molar-refractivity contribution in [3.63, 3.8) is 0 Å². The third-order valence-electron chi connectivity index (χ3n) is 2.61. The summed E-state index contributed by atoms with van der Waals surface area (Å²) in [4.78, 5) is 2.11. The van der Waals surface area contributed by atoms with Gasteiger partial charge < -0.3 is 4.90 Å². The highest BCUT2D eigenvalue weighted by Gasteiger charge is 2.27. The zero-order valence-electron chi connectivity index (χ0n) is 8.38. The van der Waals surface area contributed by atoms with E-state index in [0.717, 1.165) is 23.5 Å². The first kappa shape index (κ1) is 8.90. The predicted molar refractivity (Wildman–Crippen MR) is 58.1 cm³/mol. The van der Waals surface area contributed by atoms with Crippen LogP contribution in [0.15, 0.2) is 59.9 Å². The van der Waals surface area contributed by atoms with E-state index in [1.165, 1.54) is 0 Å². The second kappa shape index (κ2) is 3.23. The molecule has 1 heteroatoms. The van der Waals surface area contributed by atoms with Gasteiger partial charge in [-0.25, -0.2) is 0 Å². The molecular formula is C13H13N. The van der Waals surface area contributed by atoms with Gasteiger partial charge in [0, 0.05) is 23.4 Å². The maximum atomic E-state index is 4.08. The van der Waals surface area contributed by atoms with Crippen LogP contribution in [0.5, 0.6) is 0 Å². The maximum absolute atomic E-state index is 4.08. The van der Waals surface area contributed by atoms with Crippen LogP contribution >= 0.6 is 0 Å². The van der Waals surface area contributed by atoms with Crippen molar-refractivity contribution in [2.45, 2.75) is 13.3 Å². The molecule has 0 aromatic rings. The summed E-state index contributed by atoms with van der Waals surface area (Å²) in [7, 11) is 0. The van der Waals surface area contributed by atoms with Crippen LogP contribution in [-0.2, 0) is 0 Å². The highest BCUT2D eigenvalue weighted by molar-refractivity contribution is 5.36. The minimum atomic E-state index is 0.492. The van der Waals surface area contributed by atoms with Gasteiger partial charge in [0.15, 0.2) is 0 Å². The van der Waals surface area contributed by atoms with E-state index in [2.05, 4.69) is 36.4 Å². The van der Waals surface area contributed by atoms with E-state index in [1.807, 2.05) is 18.2 Å². The molecule has 0 spiro atoms. The Morgan fingerprint density at radius 2 is 2.21 bits per heavy atom. The van der Waals surface area contributed by atoms with Crippen LogP contribution < -0.4 is 0 Å². The zero-order valence-corrected chi connectivity index (χ0v) is 8.38. The van der Waals surface area contributed by atoms with Gasteiger partial charge in [-0.15, -0.1) is 0 Å². The fraction of sp³-hybridized carbons (Fsp3) is 0.231. The summed E-state index contributed by atoms with van der Waals surface area (Å²) in [5.41, 5.74) is 9.15. The molecule has 0 radical (unpaired) electrons. The fourth-order valence-electron chi connectivity index (χ4n) is 1.81. The molecule has 14 heavy (non-hydrogen) atoms. The number of allylic oxidation sites excluding steroid dienone is 5. The van der Waals surface area contributed by atoms with Crippen molar-refractivity contribution < 1.29 is 0 Å². The lowest BCUT2D eigenvalue weighted by Gasteiger charge is -2.22. The van der Waals surface area contributed by atoms with E-state index in [1.54, 1.807) is 0 Å². The Bertz CT molecular complexity index is 424. The summed E-state index contributed by atoms with van der Waals surface area (Å²) >= 11 is 0. The fourth-order valence-corrected chi connectivity index (χ4v) is 1.81. The van der Waals surface area contributed by atoms with Crippen molar-refractivity contribution in [2.75, 3.05) is 0 Å². The lowest BCUT2D eigenvalue weighted by molar-refractivity contribution is 0.569. The van der Waals surface area contributed by atoms with Crippen molar-refractivity contribution in [1.82, 2.24) is 4.90 Å². The molecule has 1 aliphatic carbocycles. The van der Waals surface area contributed by atoms with Crippen LogP contribution in [0.3, 0.4) is 0 Å². The quantitative estimate of drug-likeness (QED) is 0.564. The number of hydrogen-bond acceptors (Lipinski definition) is 1. The largest absolute Gasteiger partial charge is 0.318 e. The molecule has 0 saturated carbocycles. The first-order chi connectivity index (χ1) is 6.70. The van der Waals surface area contributed by atoms with E-state index in [4.69, 9.17) is 0 Å². The first-order valence-corrected chi connectivity index (χ1v) is 4.74. The second-order valence-electron chi connectivity index (χ2n) is 3.69. The minimum Gasteiger partial charge on any atom is -0.318 e. The molecule has 1 saturated heterocycles. The molecule has 0 aromatic heterocycles. The highest BCUT2D eigenvalue weighted by atomic mass is 15.2. The molecule has 0 N–H and O–H groups in total. The molecule has 1 heterocycles. The Morgan fingerprint density at radius 3 is 2.71 bits per heavy atom. The lowest BCUT2D eigenvalue weighted by Crippen LogP contribution is -2.14. The van der Waals surface area contributed by atoms with Gasteiger partial charge in [-0.2, -0.15) is 0 Å². The van der Waals surface area contributed by atoms with E-state index in [9.17, 15) is 0 Å². The van der Waals surface area contributed by atoms with E-state index in [0.29, 0.717) is 5.92 Å². The molecule has 1 aliphatic heterocycles. The first-order valence-electron chi connectivity index (χ1n) is 4.74. The van der Waals surface area contributed by atoms with E-state index < -0.39 is 0 Å². The van der Waals surface area contributed by atoms with Gasteiger partial charge in [0.1, 0.15) is 0 Å². The average molecular weight is 183 g/mol. The summed E-state index contributed by atoms with van der Waals surface area (Å²) in [5.74, 6) is 0.492. The van der Waals surface area contributed by atoms with E-state index in [-0.39, 0.29) is 0 Å². The monoisotopic (exact) mass is 183 g/mol. The molecule has 1 unspecified atom stereocenters. The Labute approximate surface area is 84.7 Å². The van der Waals surface area contributed by atoms with Crippen molar-refractivity contribution in [3.05, 3.63) is 59.9 Å². The standard InChI is InChI=1S/C13H13N/c1-10-9-11(2)14(12(10)3)13-7-5-4-6-8-13/h5,7-8,10H,2-3,9H2,1H3. The van der Waals surface area contributed by atoms with Crippen LogP contribution in [0.4, 0.5) is 0 Å². The van der Waals surface area contributed by atoms with Crippen LogP contribution in [0.2, 0.25) is 0 Å². The third kappa shape index (κ3) is 1.29. The van der Waals surface area contributed by atoms with Gasteiger partial charge in [0.2, 0.25) is 0 Å². The Hall–Kier alpha value is -1.68. The number of rotatable bonds is 1. The molecular weight excluding hydrogens is 170 g/mol. The molecule has 1 fully saturated rings. The van der Waals surface area contributed by atoms with Crippen molar-refractivity contribution in [2.24, 2.45) is 5.92 Å². The van der Waals surface area contributed by atoms with Crippen LogP contribution in [0.25, 0.3) is 0 Å². The maximum Gasteiger partial charge on any atom is 0.0544 e. The van der Waals surface area contributed by atoms with Crippen molar-refractivity contribution >= 4 is 0 Å². The number of hydrogen-bond donors (Lipinski definition) is 0. The highest BCUT2D eigenvalue weighted by Crippen LogP contribution is 2.37. The smallest absolute Gasteiger partial charge is 0.0544 e. The van der Waals surface area contributed by atoms with Gasteiger partial charge in [-0.05, 0) is 18.6 Å². The number of nitrogens with zero attached hydrogens (tertiary/aromatic N) is 1. The molecule has 0 bridgehead atoms. The molecule has 2 aliphatic rings. The normalized spacial score (nSPS) is 24.8. The topological polar surface area (TPSA) is 3.24 Å². The van der Waals surface area contributed by atoms with Crippen LogP contribution in [0.1, 0.15) is 13.3 Å².